The molecule has 27 heavy (non-hydrogen) atoms. The topological polar surface area (TPSA) is 44.4 Å². The molecule has 5 heteroatoms. The van der Waals surface area contributed by atoms with E-state index in [0.717, 1.165) is 24.2 Å². The van der Waals surface area contributed by atoms with Crippen LogP contribution in [0.25, 0.3) is 0 Å². The van der Waals surface area contributed by atoms with Crippen molar-refractivity contribution in [2.75, 3.05) is 11.9 Å². The van der Waals surface area contributed by atoms with Crippen LogP contribution in [0.3, 0.4) is 0 Å². The number of carbonyl (C=O) groups excluding carboxylic acids is 1. The van der Waals surface area contributed by atoms with E-state index in [1.54, 1.807) is 0 Å². The second kappa shape index (κ2) is 9.00. The highest BCUT2D eigenvalue weighted by molar-refractivity contribution is 7.80. The number of thiocarbonyl (C=S) groups is 1. The molecule has 0 radical (unpaired) electrons. The van der Waals surface area contributed by atoms with Crippen LogP contribution in [0.4, 0.5) is 5.69 Å². The van der Waals surface area contributed by atoms with Gasteiger partial charge in [0, 0.05) is 31.7 Å². The van der Waals surface area contributed by atoms with Gasteiger partial charge in [0.15, 0.2) is 5.11 Å². The Bertz CT molecular complexity index is 784. The first-order chi connectivity index (χ1) is 13.0. The lowest BCUT2D eigenvalue weighted by molar-refractivity contribution is -0.128. The number of anilines is 1. The molecular weight excluding hydrogens is 354 g/mol. The Kier molecular flexibility index (Phi) is 6.45. The van der Waals surface area contributed by atoms with Gasteiger partial charge in [0.1, 0.15) is 0 Å². The van der Waals surface area contributed by atoms with Crippen LogP contribution in [0.1, 0.15) is 49.3 Å². The number of nitrogens with one attached hydrogen (secondary N) is 2. The fraction of sp³-hybridized carbons (Fsp3) is 0.364. The highest BCUT2D eigenvalue weighted by Crippen LogP contribution is 2.17. The summed E-state index contributed by atoms with van der Waals surface area (Å²) in [7, 11) is 0. The largest absolute Gasteiger partial charge is 0.358 e. The highest BCUT2D eigenvalue weighted by atomic mass is 32.1. The van der Waals surface area contributed by atoms with Crippen LogP contribution in [0.2, 0.25) is 0 Å². The zero-order valence-electron chi connectivity index (χ0n) is 16.0. The molecule has 1 amide bonds. The molecule has 2 aromatic rings. The number of rotatable bonds is 6. The van der Waals surface area contributed by atoms with Gasteiger partial charge in [-0.3, -0.25) is 4.79 Å². The molecule has 0 atom stereocenters. The molecule has 0 spiro atoms. The third kappa shape index (κ3) is 5.54. The smallest absolute Gasteiger partial charge is 0.222 e. The van der Waals surface area contributed by atoms with E-state index < -0.39 is 0 Å². The quantitative estimate of drug-likeness (QED) is 0.727. The second-order valence-electron chi connectivity index (χ2n) is 7.32. The van der Waals surface area contributed by atoms with Gasteiger partial charge < -0.3 is 15.5 Å². The van der Waals surface area contributed by atoms with Crippen molar-refractivity contribution in [3.05, 3.63) is 65.2 Å². The molecule has 0 bridgehead atoms. The fourth-order valence-electron chi connectivity index (χ4n) is 3.16. The monoisotopic (exact) mass is 381 g/mol. The second-order valence-corrected chi connectivity index (χ2v) is 7.73. The number of likely N-dealkylation sites (tertiary alicyclic amines) is 1. The third-order valence-corrected chi connectivity index (χ3v) is 5.10. The Labute approximate surface area is 167 Å². The molecule has 0 saturated carbocycles. The summed E-state index contributed by atoms with van der Waals surface area (Å²) in [5.74, 6) is 0.786. The van der Waals surface area contributed by atoms with Crippen LogP contribution >= 0.6 is 12.2 Å². The summed E-state index contributed by atoms with van der Waals surface area (Å²) in [6, 6.07) is 16.7. The van der Waals surface area contributed by atoms with E-state index in [1.807, 2.05) is 4.90 Å². The Morgan fingerprint density at radius 1 is 1.07 bits per heavy atom. The molecule has 0 aromatic heterocycles. The highest BCUT2D eigenvalue weighted by Gasteiger charge is 2.19. The van der Waals surface area contributed by atoms with Crippen LogP contribution in [0, 0.1) is 0 Å². The number of nitrogens with zero attached hydrogens (tertiary/aromatic N) is 1. The van der Waals surface area contributed by atoms with Crippen LogP contribution < -0.4 is 10.6 Å². The molecule has 1 heterocycles. The summed E-state index contributed by atoms with van der Waals surface area (Å²) in [6.07, 6.45) is 1.66. The Balaban J connectivity index is 1.46. The minimum atomic E-state index is 0.263. The van der Waals surface area contributed by atoms with E-state index in [9.17, 15) is 4.79 Å². The average Bonchev–Trinajstić information content (AvgIpc) is 3.06. The maximum atomic E-state index is 11.7. The zero-order valence-corrected chi connectivity index (χ0v) is 16.8. The van der Waals surface area contributed by atoms with Crippen molar-refractivity contribution in [3.63, 3.8) is 0 Å². The lowest BCUT2D eigenvalue weighted by atomic mass is 10.0. The maximum absolute atomic E-state index is 11.7. The van der Waals surface area contributed by atoms with Crippen LogP contribution in [-0.2, 0) is 17.9 Å². The lowest BCUT2D eigenvalue weighted by Gasteiger charge is -2.16. The third-order valence-electron chi connectivity index (χ3n) is 4.86. The van der Waals surface area contributed by atoms with Gasteiger partial charge in [-0.2, -0.15) is 0 Å². The Hall–Kier alpha value is -2.40. The molecule has 2 N–H and O–H groups in total. The molecule has 1 saturated heterocycles. The van der Waals surface area contributed by atoms with E-state index in [0.29, 0.717) is 30.5 Å². The molecule has 1 aliphatic heterocycles. The summed E-state index contributed by atoms with van der Waals surface area (Å²) in [5, 5.41) is 7.07. The zero-order chi connectivity index (χ0) is 19.2. The summed E-state index contributed by atoms with van der Waals surface area (Å²) in [4.78, 5) is 13.6. The first-order valence-electron chi connectivity index (χ1n) is 9.51. The maximum Gasteiger partial charge on any atom is 0.222 e. The first-order valence-corrected chi connectivity index (χ1v) is 9.92. The van der Waals surface area contributed by atoms with Gasteiger partial charge in [-0.15, -0.1) is 0 Å². The minimum absolute atomic E-state index is 0.263. The van der Waals surface area contributed by atoms with Gasteiger partial charge >= 0.3 is 0 Å². The van der Waals surface area contributed by atoms with E-state index in [1.165, 1.54) is 11.1 Å². The van der Waals surface area contributed by atoms with Crippen molar-refractivity contribution < 1.29 is 4.79 Å². The predicted molar refractivity (Wildman–Crippen MR) is 115 cm³/mol. The number of hydrogen-bond donors (Lipinski definition) is 2. The molecular formula is C22H27N3OS. The minimum Gasteiger partial charge on any atom is -0.358 e. The molecule has 4 nitrogen and oxygen atoms in total. The normalized spacial score (nSPS) is 13.9. The molecule has 2 aromatic carbocycles. The summed E-state index contributed by atoms with van der Waals surface area (Å²) < 4.78 is 0. The van der Waals surface area contributed by atoms with Crippen LogP contribution in [-0.4, -0.2) is 22.5 Å². The van der Waals surface area contributed by atoms with Crippen molar-refractivity contribution in [1.29, 1.82) is 0 Å². The average molecular weight is 382 g/mol. The molecule has 3 rings (SSSR count). The van der Waals surface area contributed by atoms with Gasteiger partial charge in [0.25, 0.3) is 0 Å². The number of hydrogen-bond acceptors (Lipinski definition) is 2. The van der Waals surface area contributed by atoms with E-state index in [2.05, 4.69) is 73.0 Å². The number of benzene rings is 2. The molecule has 1 fully saturated rings. The van der Waals surface area contributed by atoms with Crippen molar-refractivity contribution in [2.24, 2.45) is 0 Å². The predicted octanol–water partition coefficient (Wildman–Crippen LogP) is 4.42. The van der Waals surface area contributed by atoms with Crippen molar-refractivity contribution in [3.8, 4) is 0 Å². The first kappa shape index (κ1) is 19.4. The SMILES string of the molecule is CC(C)c1ccc(NC(=S)NCc2ccc(CN3CCCC3=O)cc2)cc1. The van der Waals surface area contributed by atoms with E-state index >= 15 is 0 Å². The Morgan fingerprint density at radius 2 is 1.74 bits per heavy atom. The number of carbonyl (C=O) groups is 1. The number of amides is 1. The standard InChI is InChI=1S/C22H27N3OS/c1-16(2)19-9-11-20(12-10-19)24-22(27)23-14-17-5-7-18(8-6-17)15-25-13-3-4-21(25)26/h5-12,16H,3-4,13-15H2,1-2H3,(H2,23,24,27). The summed E-state index contributed by atoms with van der Waals surface area (Å²) >= 11 is 5.39. The van der Waals surface area contributed by atoms with E-state index in [4.69, 9.17) is 12.2 Å². The van der Waals surface area contributed by atoms with Crippen molar-refractivity contribution in [2.45, 2.75) is 45.7 Å². The molecule has 0 unspecified atom stereocenters. The van der Waals surface area contributed by atoms with Crippen molar-refractivity contribution in [1.82, 2.24) is 10.2 Å². The van der Waals surface area contributed by atoms with Crippen molar-refractivity contribution >= 4 is 28.9 Å². The van der Waals surface area contributed by atoms with Gasteiger partial charge in [0.05, 0.1) is 0 Å². The van der Waals surface area contributed by atoms with Gasteiger partial charge in [-0.25, -0.2) is 0 Å². The van der Waals surface area contributed by atoms with Gasteiger partial charge in [-0.05, 0) is 53.4 Å². The van der Waals surface area contributed by atoms with Crippen LogP contribution in [0.15, 0.2) is 48.5 Å². The molecule has 0 aliphatic carbocycles. The van der Waals surface area contributed by atoms with Gasteiger partial charge in [0.2, 0.25) is 5.91 Å². The van der Waals surface area contributed by atoms with E-state index in [-0.39, 0.29) is 5.91 Å². The fourth-order valence-corrected chi connectivity index (χ4v) is 3.35. The lowest BCUT2D eigenvalue weighted by Crippen LogP contribution is -2.28. The summed E-state index contributed by atoms with van der Waals surface area (Å²) in [6.45, 7) is 6.61. The molecule has 142 valence electrons. The van der Waals surface area contributed by atoms with Crippen LogP contribution in [0.5, 0.6) is 0 Å². The van der Waals surface area contributed by atoms with Gasteiger partial charge in [-0.1, -0.05) is 50.2 Å². The summed E-state index contributed by atoms with van der Waals surface area (Å²) in [5.41, 5.74) is 4.63. The molecule has 1 aliphatic rings. The Morgan fingerprint density at radius 3 is 2.33 bits per heavy atom.